The van der Waals surface area contributed by atoms with E-state index < -0.39 is 0 Å². The number of carbonyl (C=O) groups is 1. The second-order valence-electron chi connectivity index (χ2n) is 4.54. The molecule has 9 heteroatoms. The van der Waals surface area contributed by atoms with Gasteiger partial charge in [0.2, 0.25) is 11.7 Å². The van der Waals surface area contributed by atoms with Gasteiger partial charge in [-0.3, -0.25) is 4.79 Å². The Morgan fingerprint density at radius 3 is 2.78 bits per heavy atom. The van der Waals surface area contributed by atoms with E-state index in [4.69, 9.17) is 11.6 Å². The Kier molecular flexibility index (Phi) is 4.63. The molecule has 1 N–H and O–H groups in total. The summed E-state index contributed by atoms with van der Waals surface area (Å²) in [5, 5.41) is 14.9. The number of aromatic nitrogens is 5. The molecule has 0 fully saturated rings. The lowest BCUT2D eigenvalue weighted by atomic mass is 10.2. The summed E-state index contributed by atoms with van der Waals surface area (Å²) < 4.78 is 0.960. The zero-order valence-electron chi connectivity index (χ0n) is 11.6. The van der Waals surface area contributed by atoms with E-state index in [1.807, 2.05) is 24.3 Å². The number of amides is 1. The number of halogens is 2. The van der Waals surface area contributed by atoms with Crippen LogP contribution in [0.2, 0.25) is 5.15 Å². The van der Waals surface area contributed by atoms with Gasteiger partial charge in [-0.25, -0.2) is 4.98 Å². The van der Waals surface area contributed by atoms with Crippen molar-refractivity contribution in [1.29, 1.82) is 0 Å². The van der Waals surface area contributed by atoms with E-state index in [9.17, 15) is 4.79 Å². The predicted molar refractivity (Wildman–Crippen MR) is 88.8 cm³/mol. The highest BCUT2D eigenvalue weighted by Gasteiger charge is 2.11. The van der Waals surface area contributed by atoms with Crippen molar-refractivity contribution in [3.63, 3.8) is 0 Å². The van der Waals surface area contributed by atoms with Crippen molar-refractivity contribution in [2.24, 2.45) is 0 Å². The van der Waals surface area contributed by atoms with E-state index >= 15 is 0 Å². The summed E-state index contributed by atoms with van der Waals surface area (Å²) in [6.07, 6.45) is 1.54. The van der Waals surface area contributed by atoms with Crippen LogP contribution in [0.1, 0.15) is 0 Å². The Morgan fingerprint density at radius 2 is 2.04 bits per heavy atom. The molecule has 23 heavy (non-hydrogen) atoms. The van der Waals surface area contributed by atoms with Crippen LogP contribution in [0.5, 0.6) is 0 Å². The Morgan fingerprint density at radius 1 is 1.26 bits per heavy atom. The van der Waals surface area contributed by atoms with E-state index in [0.29, 0.717) is 11.5 Å². The number of tetrazole rings is 1. The lowest BCUT2D eigenvalue weighted by molar-refractivity contribution is -0.117. The van der Waals surface area contributed by atoms with Gasteiger partial charge in [-0.15, -0.1) is 10.2 Å². The zero-order valence-corrected chi connectivity index (χ0v) is 14.0. The van der Waals surface area contributed by atoms with Gasteiger partial charge in [0, 0.05) is 16.2 Å². The topological polar surface area (TPSA) is 85.6 Å². The van der Waals surface area contributed by atoms with Gasteiger partial charge in [0.1, 0.15) is 6.54 Å². The van der Waals surface area contributed by atoms with Gasteiger partial charge in [0.25, 0.3) is 0 Å². The molecule has 0 aliphatic carbocycles. The number of anilines is 1. The van der Waals surface area contributed by atoms with E-state index in [1.54, 1.807) is 18.3 Å². The molecule has 0 radical (unpaired) electrons. The third kappa shape index (κ3) is 3.91. The minimum absolute atomic E-state index is 0.0747. The standard InChI is InChI=1S/C14H10BrClN6O/c15-10-5-3-9(4-6-10)14-19-21-22(20-14)8-12(23)18-11-2-1-7-17-13(11)16/h1-7H,8H2,(H,18,23). The SMILES string of the molecule is O=C(Cn1nnc(-c2ccc(Br)cc2)n1)Nc1cccnc1Cl. The van der Waals surface area contributed by atoms with Crippen LogP contribution in [0.4, 0.5) is 5.69 Å². The number of nitrogens with zero attached hydrogens (tertiary/aromatic N) is 5. The van der Waals surface area contributed by atoms with Crippen LogP contribution < -0.4 is 5.32 Å². The summed E-state index contributed by atoms with van der Waals surface area (Å²) >= 11 is 9.25. The monoisotopic (exact) mass is 392 g/mol. The molecule has 1 aromatic carbocycles. The average Bonchev–Trinajstić information content (AvgIpc) is 2.98. The van der Waals surface area contributed by atoms with Crippen molar-refractivity contribution in [3.05, 3.63) is 52.2 Å². The van der Waals surface area contributed by atoms with Crippen molar-refractivity contribution in [2.75, 3.05) is 5.32 Å². The number of hydrogen-bond acceptors (Lipinski definition) is 5. The van der Waals surface area contributed by atoms with E-state index in [0.717, 1.165) is 10.0 Å². The fourth-order valence-corrected chi connectivity index (χ4v) is 2.25. The van der Waals surface area contributed by atoms with Gasteiger partial charge in [-0.2, -0.15) is 4.80 Å². The maximum Gasteiger partial charge on any atom is 0.248 e. The maximum absolute atomic E-state index is 12.0. The number of carbonyl (C=O) groups excluding carboxylic acids is 1. The fraction of sp³-hybridized carbons (Fsp3) is 0.0714. The van der Waals surface area contributed by atoms with E-state index in [1.165, 1.54) is 4.80 Å². The highest BCUT2D eigenvalue weighted by atomic mass is 79.9. The normalized spacial score (nSPS) is 10.5. The van der Waals surface area contributed by atoms with Crippen molar-refractivity contribution in [1.82, 2.24) is 25.2 Å². The lowest BCUT2D eigenvalue weighted by Crippen LogP contribution is -2.20. The predicted octanol–water partition coefficient (Wildman–Crippen LogP) is 2.79. The number of hydrogen-bond donors (Lipinski definition) is 1. The highest BCUT2D eigenvalue weighted by Crippen LogP contribution is 2.18. The molecule has 2 aromatic heterocycles. The summed E-state index contributed by atoms with van der Waals surface area (Å²) in [7, 11) is 0. The zero-order chi connectivity index (χ0) is 16.2. The number of rotatable bonds is 4. The molecule has 0 aliphatic heterocycles. The third-order valence-electron chi connectivity index (χ3n) is 2.87. The molecule has 3 rings (SSSR count). The Balaban J connectivity index is 1.68. The van der Waals surface area contributed by atoms with Crippen LogP contribution in [0.15, 0.2) is 47.1 Å². The van der Waals surface area contributed by atoms with Gasteiger partial charge < -0.3 is 5.32 Å². The van der Waals surface area contributed by atoms with Gasteiger partial charge in [0.15, 0.2) is 5.15 Å². The summed E-state index contributed by atoms with van der Waals surface area (Å²) in [4.78, 5) is 17.1. The molecule has 0 unspecified atom stereocenters. The number of pyridine rings is 1. The number of benzene rings is 1. The smallest absolute Gasteiger partial charge is 0.248 e. The van der Waals surface area contributed by atoms with Gasteiger partial charge >= 0.3 is 0 Å². The summed E-state index contributed by atoms with van der Waals surface area (Å²) in [6.45, 7) is -0.0747. The van der Waals surface area contributed by atoms with E-state index in [-0.39, 0.29) is 17.6 Å². The van der Waals surface area contributed by atoms with Crippen molar-refractivity contribution in [3.8, 4) is 11.4 Å². The summed E-state index contributed by atoms with van der Waals surface area (Å²) in [6, 6.07) is 10.8. The van der Waals surface area contributed by atoms with Crippen LogP contribution in [-0.2, 0) is 11.3 Å². The van der Waals surface area contributed by atoms with Crippen molar-refractivity contribution < 1.29 is 4.79 Å². The molecular weight excluding hydrogens is 384 g/mol. The molecule has 0 atom stereocenters. The highest BCUT2D eigenvalue weighted by molar-refractivity contribution is 9.10. The van der Waals surface area contributed by atoms with Crippen molar-refractivity contribution >= 4 is 39.1 Å². The van der Waals surface area contributed by atoms with Gasteiger partial charge in [-0.1, -0.05) is 27.5 Å². The molecule has 0 saturated heterocycles. The van der Waals surface area contributed by atoms with Crippen LogP contribution in [0, 0.1) is 0 Å². The Labute approximate surface area is 144 Å². The van der Waals surface area contributed by atoms with Gasteiger partial charge in [0.05, 0.1) is 5.69 Å². The second-order valence-corrected chi connectivity index (χ2v) is 5.81. The molecule has 0 aliphatic rings. The van der Waals surface area contributed by atoms with E-state index in [2.05, 4.69) is 41.6 Å². The largest absolute Gasteiger partial charge is 0.322 e. The van der Waals surface area contributed by atoms with Crippen LogP contribution in [0.3, 0.4) is 0 Å². The first-order valence-electron chi connectivity index (χ1n) is 6.56. The quantitative estimate of drug-likeness (QED) is 0.689. The minimum atomic E-state index is -0.320. The molecule has 1 amide bonds. The third-order valence-corrected chi connectivity index (χ3v) is 3.70. The summed E-state index contributed by atoms with van der Waals surface area (Å²) in [5.74, 6) is 0.129. The first-order valence-corrected chi connectivity index (χ1v) is 7.73. The number of nitrogens with one attached hydrogen (secondary N) is 1. The Hall–Kier alpha value is -2.32. The Bertz CT molecular complexity index is 835. The average molecular weight is 394 g/mol. The molecule has 2 heterocycles. The molecule has 0 bridgehead atoms. The van der Waals surface area contributed by atoms with Crippen LogP contribution in [-0.4, -0.2) is 31.1 Å². The van der Waals surface area contributed by atoms with Crippen molar-refractivity contribution in [2.45, 2.75) is 6.54 Å². The first kappa shape index (κ1) is 15.6. The fourth-order valence-electron chi connectivity index (χ4n) is 1.82. The van der Waals surface area contributed by atoms with Crippen LogP contribution >= 0.6 is 27.5 Å². The second kappa shape index (κ2) is 6.84. The molecular formula is C14H10BrClN6O. The molecule has 0 spiro atoms. The van der Waals surface area contributed by atoms with Crippen LogP contribution in [0.25, 0.3) is 11.4 Å². The molecule has 3 aromatic rings. The molecule has 0 saturated carbocycles. The lowest BCUT2D eigenvalue weighted by Gasteiger charge is -2.05. The first-order chi connectivity index (χ1) is 11.1. The molecule has 116 valence electrons. The summed E-state index contributed by atoms with van der Waals surface area (Å²) in [5.41, 5.74) is 1.25. The minimum Gasteiger partial charge on any atom is -0.322 e. The van der Waals surface area contributed by atoms with Gasteiger partial charge in [-0.05, 0) is 41.6 Å². The maximum atomic E-state index is 12.0. The molecule has 7 nitrogen and oxygen atoms in total.